The molecule has 0 spiro atoms. The molecule has 3 aromatic rings. The van der Waals surface area contributed by atoms with E-state index in [-0.39, 0.29) is 10.8 Å². The van der Waals surface area contributed by atoms with Crippen molar-refractivity contribution in [2.75, 3.05) is 18.4 Å². The van der Waals surface area contributed by atoms with Crippen molar-refractivity contribution < 1.29 is 13.2 Å². The maximum Gasteiger partial charge on any atom is 0.257 e. The minimum Gasteiger partial charge on any atom is -0.298 e. The first-order valence-corrected chi connectivity index (χ1v) is 12.4. The molecule has 3 rings (SSSR count). The molecule has 1 amide bonds. The fraction of sp³-hybridized carbons (Fsp3) is 0.304. The lowest BCUT2D eigenvalue weighted by atomic mass is 9.98. The van der Waals surface area contributed by atoms with Gasteiger partial charge in [-0.15, -0.1) is 11.3 Å². The minimum absolute atomic E-state index is 0.176. The van der Waals surface area contributed by atoms with Gasteiger partial charge < -0.3 is 0 Å². The van der Waals surface area contributed by atoms with Crippen LogP contribution in [0.25, 0.3) is 11.3 Å². The molecule has 8 heteroatoms. The molecule has 1 N–H and O–H groups in total. The summed E-state index contributed by atoms with van der Waals surface area (Å²) >= 11 is 1.36. The number of carbonyl (C=O) groups excluding carboxylic acids is 1. The van der Waals surface area contributed by atoms with E-state index >= 15 is 0 Å². The van der Waals surface area contributed by atoms with Crippen LogP contribution in [0.2, 0.25) is 0 Å². The van der Waals surface area contributed by atoms with Crippen molar-refractivity contribution in [3.05, 3.63) is 64.0 Å². The zero-order valence-corrected chi connectivity index (χ0v) is 20.0. The Morgan fingerprint density at radius 3 is 2.16 bits per heavy atom. The topological polar surface area (TPSA) is 79.4 Å². The molecule has 0 aliphatic rings. The fourth-order valence-corrected chi connectivity index (χ4v) is 5.84. The molecule has 0 radical (unpaired) electrons. The van der Waals surface area contributed by atoms with Gasteiger partial charge in [-0.3, -0.25) is 10.1 Å². The van der Waals surface area contributed by atoms with Crippen LogP contribution in [0.15, 0.2) is 46.7 Å². The van der Waals surface area contributed by atoms with Crippen molar-refractivity contribution in [3.63, 3.8) is 0 Å². The van der Waals surface area contributed by atoms with Crippen LogP contribution in [-0.4, -0.2) is 36.7 Å². The van der Waals surface area contributed by atoms with Crippen LogP contribution >= 0.6 is 11.3 Å². The average Bonchev–Trinajstić information content (AvgIpc) is 3.15. The highest BCUT2D eigenvalue weighted by molar-refractivity contribution is 7.89. The smallest absolute Gasteiger partial charge is 0.257 e. The highest BCUT2D eigenvalue weighted by Gasteiger charge is 2.22. The third kappa shape index (κ3) is 4.87. The normalized spacial score (nSPS) is 11.7. The Morgan fingerprint density at radius 1 is 1.03 bits per heavy atom. The second-order valence-corrected chi connectivity index (χ2v) is 10.2. The molecule has 1 heterocycles. The predicted octanol–water partition coefficient (Wildman–Crippen LogP) is 5.02. The lowest BCUT2D eigenvalue weighted by Crippen LogP contribution is -2.30. The van der Waals surface area contributed by atoms with Gasteiger partial charge in [0.2, 0.25) is 10.0 Å². The predicted molar refractivity (Wildman–Crippen MR) is 126 cm³/mol. The van der Waals surface area contributed by atoms with Crippen molar-refractivity contribution in [1.29, 1.82) is 0 Å². The van der Waals surface area contributed by atoms with E-state index < -0.39 is 10.0 Å². The number of hydrogen-bond donors (Lipinski definition) is 1. The first-order chi connectivity index (χ1) is 14.7. The SMILES string of the molecule is CCN(CC)S(=O)(=O)c1ccc(C(=O)Nc2nc(-c3c(C)cc(C)cc3C)cs2)cc1. The number of hydrogen-bond acceptors (Lipinski definition) is 5. The number of carbonyl (C=O) groups is 1. The van der Waals surface area contributed by atoms with Crippen LogP contribution in [0.1, 0.15) is 40.9 Å². The van der Waals surface area contributed by atoms with Crippen LogP contribution < -0.4 is 5.32 Å². The van der Waals surface area contributed by atoms with Crippen molar-refractivity contribution >= 4 is 32.4 Å². The Kier molecular flexibility index (Phi) is 6.93. The van der Waals surface area contributed by atoms with Crippen LogP contribution in [-0.2, 0) is 10.0 Å². The number of nitrogens with zero attached hydrogens (tertiary/aromatic N) is 2. The molecule has 1 aromatic heterocycles. The van der Waals surface area contributed by atoms with E-state index in [0.29, 0.717) is 23.8 Å². The first kappa shape index (κ1) is 23.1. The van der Waals surface area contributed by atoms with Crippen LogP contribution in [0.3, 0.4) is 0 Å². The van der Waals surface area contributed by atoms with Gasteiger partial charge in [-0.1, -0.05) is 31.5 Å². The van der Waals surface area contributed by atoms with Gasteiger partial charge in [0.15, 0.2) is 5.13 Å². The second-order valence-electron chi connectivity index (χ2n) is 7.38. The Balaban J connectivity index is 1.78. The van der Waals surface area contributed by atoms with Crippen molar-refractivity contribution in [3.8, 4) is 11.3 Å². The van der Waals surface area contributed by atoms with Crippen LogP contribution in [0.4, 0.5) is 5.13 Å². The minimum atomic E-state index is -3.55. The highest BCUT2D eigenvalue weighted by Crippen LogP contribution is 2.31. The molecule has 0 unspecified atom stereocenters. The molecule has 0 aliphatic carbocycles. The fourth-order valence-electron chi connectivity index (χ4n) is 3.69. The van der Waals surface area contributed by atoms with Gasteiger partial charge in [-0.2, -0.15) is 4.31 Å². The van der Waals surface area contributed by atoms with E-state index in [2.05, 4.69) is 43.2 Å². The van der Waals surface area contributed by atoms with E-state index in [1.807, 2.05) is 5.38 Å². The van der Waals surface area contributed by atoms with Gasteiger partial charge in [0, 0.05) is 29.6 Å². The highest BCUT2D eigenvalue weighted by atomic mass is 32.2. The van der Waals surface area contributed by atoms with E-state index in [0.717, 1.165) is 22.4 Å². The Labute approximate surface area is 188 Å². The lowest BCUT2D eigenvalue weighted by Gasteiger charge is -2.18. The molecule has 0 fully saturated rings. The number of aryl methyl sites for hydroxylation is 3. The molecule has 0 bridgehead atoms. The largest absolute Gasteiger partial charge is 0.298 e. The number of amides is 1. The summed E-state index contributed by atoms with van der Waals surface area (Å²) in [6, 6.07) is 10.2. The van der Waals surface area contributed by atoms with Crippen LogP contribution in [0, 0.1) is 20.8 Å². The maximum atomic E-state index is 12.6. The quantitative estimate of drug-likeness (QED) is 0.540. The first-order valence-electron chi connectivity index (χ1n) is 10.1. The Bertz CT molecular complexity index is 1170. The van der Waals surface area contributed by atoms with Gasteiger partial charge in [-0.05, 0) is 56.2 Å². The third-order valence-corrected chi connectivity index (χ3v) is 7.94. The number of benzene rings is 2. The molecule has 0 saturated heterocycles. The summed E-state index contributed by atoms with van der Waals surface area (Å²) in [4.78, 5) is 17.4. The number of thiazole rings is 1. The maximum absolute atomic E-state index is 12.6. The molecule has 31 heavy (non-hydrogen) atoms. The summed E-state index contributed by atoms with van der Waals surface area (Å²) in [5.74, 6) is -0.329. The Morgan fingerprint density at radius 2 is 1.61 bits per heavy atom. The molecular weight excluding hydrogens is 430 g/mol. The van der Waals surface area contributed by atoms with Gasteiger partial charge in [0.1, 0.15) is 0 Å². The number of anilines is 1. The molecule has 0 saturated carbocycles. The van der Waals surface area contributed by atoms with E-state index in [4.69, 9.17) is 0 Å². The monoisotopic (exact) mass is 457 g/mol. The van der Waals surface area contributed by atoms with Gasteiger partial charge in [0.25, 0.3) is 5.91 Å². The van der Waals surface area contributed by atoms with Gasteiger partial charge in [0.05, 0.1) is 10.6 Å². The van der Waals surface area contributed by atoms with E-state index in [1.165, 1.54) is 45.5 Å². The zero-order chi connectivity index (χ0) is 22.8. The lowest BCUT2D eigenvalue weighted by molar-refractivity contribution is 0.102. The van der Waals surface area contributed by atoms with Gasteiger partial charge in [-0.25, -0.2) is 13.4 Å². The molecule has 0 atom stereocenters. The third-order valence-electron chi connectivity index (χ3n) is 5.12. The summed E-state index contributed by atoms with van der Waals surface area (Å²) < 4.78 is 26.6. The summed E-state index contributed by atoms with van der Waals surface area (Å²) in [5, 5.41) is 5.24. The second kappa shape index (κ2) is 9.30. The number of rotatable bonds is 7. The van der Waals surface area contributed by atoms with E-state index in [9.17, 15) is 13.2 Å². The summed E-state index contributed by atoms with van der Waals surface area (Å²) in [6.45, 7) is 10.6. The molecule has 6 nitrogen and oxygen atoms in total. The molecule has 164 valence electrons. The summed E-state index contributed by atoms with van der Waals surface area (Å²) in [5.41, 5.74) is 5.77. The standard InChI is InChI=1S/C23H27N3O3S2/c1-6-26(7-2)31(28,29)19-10-8-18(9-11-19)22(27)25-23-24-20(14-30-23)21-16(4)12-15(3)13-17(21)5/h8-14H,6-7H2,1-5H3,(H,24,25,27). The summed E-state index contributed by atoms with van der Waals surface area (Å²) in [7, 11) is -3.55. The van der Waals surface area contributed by atoms with Crippen molar-refractivity contribution in [1.82, 2.24) is 9.29 Å². The number of aromatic nitrogens is 1. The van der Waals surface area contributed by atoms with Crippen molar-refractivity contribution in [2.45, 2.75) is 39.5 Å². The molecule has 0 aliphatic heterocycles. The Hall–Kier alpha value is -2.55. The summed E-state index contributed by atoms with van der Waals surface area (Å²) in [6.07, 6.45) is 0. The van der Waals surface area contributed by atoms with Gasteiger partial charge >= 0.3 is 0 Å². The number of sulfonamides is 1. The number of nitrogens with one attached hydrogen (secondary N) is 1. The molecule has 2 aromatic carbocycles. The van der Waals surface area contributed by atoms with E-state index in [1.54, 1.807) is 13.8 Å². The average molecular weight is 458 g/mol. The van der Waals surface area contributed by atoms with Crippen LogP contribution in [0.5, 0.6) is 0 Å². The molecular formula is C23H27N3O3S2. The van der Waals surface area contributed by atoms with Crippen molar-refractivity contribution in [2.24, 2.45) is 0 Å². The zero-order valence-electron chi connectivity index (χ0n) is 18.4.